The zero-order valence-electron chi connectivity index (χ0n) is 16.2. The van der Waals surface area contributed by atoms with Gasteiger partial charge in [0.25, 0.3) is 0 Å². The molecule has 1 N–H and O–H groups in total. The lowest BCUT2D eigenvalue weighted by molar-refractivity contribution is 0.146. The third-order valence-corrected chi connectivity index (χ3v) is 1.62. The van der Waals surface area contributed by atoms with E-state index < -0.39 is 0 Å². The minimum absolute atomic E-state index is 0.0579. The molecule has 0 radical (unpaired) electrons. The highest BCUT2D eigenvalue weighted by Crippen LogP contribution is 1.93. The van der Waals surface area contributed by atoms with Crippen LogP contribution in [0.25, 0.3) is 0 Å². The maximum atomic E-state index is 8.31. The first kappa shape index (κ1) is 29.7. The van der Waals surface area contributed by atoms with Crippen molar-refractivity contribution in [2.75, 3.05) is 13.2 Å². The van der Waals surface area contributed by atoms with E-state index in [1.807, 2.05) is 46.8 Å². The fourth-order valence-electron chi connectivity index (χ4n) is 0.847. The van der Waals surface area contributed by atoms with E-state index in [1.165, 1.54) is 5.56 Å². The predicted molar refractivity (Wildman–Crippen MR) is 108 cm³/mol. The number of aryl methyl sites for hydroxylation is 1. The van der Waals surface area contributed by atoms with Crippen LogP contribution >= 0.6 is 0 Å². The second-order valence-electron chi connectivity index (χ2n) is 3.81. The Bertz CT molecular complexity index is 417. The van der Waals surface area contributed by atoms with Gasteiger partial charge in [-0.2, -0.15) is 0 Å². The summed E-state index contributed by atoms with van der Waals surface area (Å²) < 4.78 is 4.97. The van der Waals surface area contributed by atoms with Gasteiger partial charge in [-0.25, -0.2) is 0 Å². The number of nitrogens with zero attached hydrogens (tertiary/aromatic N) is 1. The van der Waals surface area contributed by atoms with Crippen LogP contribution in [0.2, 0.25) is 0 Å². The molecule has 136 valence electrons. The summed E-state index contributed by atoms with van der Waals surface area (Å²) in [6.45, 7) is 18.7. The van der Waals surface area contributed by atoms with Gasteiger partial charge in [0.2, 0.25) is 0 Å². The first-order chi connectivity index (χ1) is 11.5. The van der Waals surface area contributed by atoms with Crippen molar-refractivity contribution in [2.45, 2.75) is 41.5 Å². The minimum atomic E-state index is 0.0579. The van der Waals surface area contributed by atoms with Gasteiger partial charge in [0.1, 0.15) is 6.61 Å². The van der Waals surface area contributed by atoms with Crippen molar-refractivity contribution in [3.05, 3.63) is 67.2 Å². The summed E-state index contributed by atoms with van der Waals surface area (Å²) in [6, 6.07) is 3.94. The van der Waals surface area contributed by atoms with Crippen molar-refractivity contribution in [3.8, 4) is 12.3 Å². The van der Waals surface area contributed by atoms with Crippen LogP contribution in [-0.2, 0) is 4.74 Å². The summed E-state index contributed by atoms with van der Waals surface area (Å²) in [4.78, 5) is 3.85. The van der Waals surface area contributed by atoms with Gasteiger partial charge in [0.05, 0.1) is 12.4 Å². The zero-order chi connectivity index (χ0) is 19.6. The molecule has 1 rings (SSSR count). The highest BCUT2D eigenvalue weighted by Gasteiger charge is 1.83. The maximum absolute atomic E-state index is 8.31. The van der Waals surface area contributed by atoms with Crippen LogP contribution in [0.1, 0.15) is 40.2 Å². The van der Waals surface area contributed by atoms with Crippen LogP contribution in [0, 0.1) is 19.3 Å². The normalized spacial score (nSPS) is 7.83. The molecular formula is C21H35NO2. The second-order valence-corrected chi connectivity index (χ2v) is 3.81. The van der Waals surface area contributed by atoms with Gasteiger partial charge in [-0.3, -0.25) is 4.98 Å². The Kier molecular flexibility index (Phi) is 40.3. The van der Waals surface area contributed by atoms with Gasteiger partial charge >= 0.3 is 0 Å². The Morgan fingerprint density at radius 2 is 1.75 bits per heavy atom. The third kappa shape index (κ3) is 42.7. The first-order valence-electron chi connectivity index (χ1n) is 7.87. The van der Waals surface area contributed by atoms with Crippen molar-refractivity contribution in [3.63, 3.8) is 0 Å². The number of terminal acetylenes is 1. The molecule has 1 aromatic rings. The summed E-state index contributed by atoms with van der Waals surface area (Å²) in [5.74, 6) is 3.03. The molecule has 0 unspecified atom stereocenters. The fraction of sp³-hybridized carbons (Fsp3) is 0.381. The molecule has 24 heavy (non-hydrogen) atoms. The Hall–Kier alpha value is -2.31. The molecule has 0 saturated heterocycles. The standard InChI is InChI=1S/C7H12O2.C6H7N.C3H6.C3H4.C2H6/c1-3-4-7(2)9-6-5-8;1-6-2-4-7-5-3-6;2*1-3-2;1-2/h3-4,8H,1,5-6H2,2H3;2-5H,1H3;3H,1H2,2H3;1H,2H3;1-2H3/b7-4+;;;;. The molecule has 3 heteroatoms. The Morgan fingerprint density at radius 1 is 1.33 bits per heavy atom. The monoisotopic (exact) mass is 333 g/mol. The van der Waals surface area contributed by atoms with E-state index >= 15 is 0 Å². The maximum Gasteiger partial charge on any atom is 0.111 e. The molecule has 0 amide bonds. The summed E-state index contributed by atoms with van der Waals surface area (Å²) in [6.07, 6.45) is 13.3. The van der Waals surface area contributed by atoms with Crippen LogP contribution in [-0.4, -0.2) is 23.3 Å². The predicted octanol–water partition coefficient (Wildman–Crippen LogP) is 5.33. The van der Waals surface area contributed by atoms with Gasteiger partial charge in [-0.05, 0) is 51.5 Å². The lowest BCUT2D eigenvalue weighted by Crippen LogP contribution is -1.96. The average molecular weight is 334 g/mol. The van der Waals surface area contributed by atoms with Gasteiger partial charge in [-0.1, -0.05) is 32.6 Å². The van der Waals surface area contributed by atoms with E-state index in [-0.39, 0.29) is 6.61 Å². The molecule has 0 aliphatic carbocycles. The number of hydrogen-bond donors (Lipinski definition) is 1. The van der Waals surface area contributed by atoms with Crippen LogP contribution in [0.5, 0.6) is 0 Å². The van der Waals surface area contributed by atoms with E-state index in [0.29, 0.717) is 6.61 Å². The first-order valence-corrected chi connectivity index (χ1v) is 7.87. The summed E-state index contributed by atoms with van der Waals surface area (Å²) >= 11 is 0. The molecule has 1 heterocycles. The Labute approximate surface area is 149 Å². The molecule has 0 spiro atoms. The third-order valence-electron chi connectivity index (χ3n) is 1.62. The van der Waals surface area contributed by atoms with E-state index in [2.05, 4.69) is 30.5 Å². The van der Waals surface area contributed by atoms with Gasteiger partial charge in [0.15, 0.2) is 0 Å². The van der Waals surface area contributed by atoms with Crippen LogP contribution < -0.4 is 0 Å². The number of aliphatic hydroxyl groups is 1. The van der Waals surface area contributed by atoms with Gasteiger partial charge in [0, 0.05) is 12.4 Å². The van der Waals surface area contributed by atoms with E-state index in [1.54, 1.807) is 37.5 Å². The Balaban J connectivity index is -0.000000118. The fourth-order valence-corrected chi connectivity index (χ4v) is 0.847. The molecule has 0 bridgehead atoms. The highest BCUT2D eigenvalue weighted by molar-refractivity contribution is 5.05. The second kappa shape index (κ2) is 32.6. The summed E-state index contributed by atoms with van der Waals surface area (Å²) in [7, 11) is 0. The number of pyridine rings is 1. The smallest absolute Gasteiger partial charge is 0.111 e. The van der Waals surface area contributed by atoms with E-state index in [9.17, 15) is 0 Å². The molecular weight excluding hydrogens is 298 g/mol. The molecule has 0 saturated carbocycles. The largest absolute Gasteiger partial charge is 0.496 e. The average Bonchev–Trinajstić information content (AvgIpc) is 2.58. The summed E-state index contributed by atoms with van der Waals surface area (Å²) in [5, 5.41) is 8.31. The van der Waals surface area contributed by atoms with Gasteiger partial charge < -0.3 is 9.84 Å². The summed E-state index contributed by atoms with van der Waals surface area (Å²) in [5.41, 5.74) is 1.26. The lowest BCUT2D eigenvalue weighted by atomic mass is 10.3. The molecule has 1 aromatic heterocycles. The Morgan fingerprint density at radius 3 is 2.00 bits per heavy atom. The van der Waals surface area contributed by atoms with Gasteiger partial charge in [-0.15, -0.1) is 18.9 Å². The van der Waals surface area contributed by atoms with Crippen LogP contribution in [0.3, 0.4) is 0 Å². The number of aliphatic hydroxyl groups excluding tert-OH is 1. The molecule has 0 aliphatic rings. The van der Waals surface area contributed by atoms with Crippen molar-refractivity contribution in [1.29, 1.82) is 0 Å². The SMILES string of the molecule is C#CC.C=C/C=C(\C)OCCO.C=CC.CC.Cc1ccncc1. The van der Waals surface area contributed by atoms with Crippen molar-refractivity contribution < 1.29 is 9.84 Å². The number of rotatable bonds is 4. The highest BCUT2D eigenvalue weighted by atomic mass is 16.5. The molecule has 0 atom stereocenters. The van der Waals surface area contributed by atoms with Crippen molar-refractivity contribution in [2.24, 2.45) is 0 Å². The molecule has 0 aliphatic heterocycles. The van der Waals surface area contributed by atoms with Crippen molar-refractivity contribution in [1.82, 2.24) is 4.98 Å². The zero-order valence-corrected chi connectivity index (χ0v) is 16.2. The van der Waals surface area contributed by atoms with Crippen LogP contribution in [0.4, 0.5) is 0 Å². The number of aromatic nitrogens is 1. The number of allylic oxidation sites excluding steroid dienone is 4. The van der Waals surface area contributed by atoms with Crippen molar-refractivity contribution >= 4 is 0 Å². The lowest BCUT2D eigenvalue weighted by Gasteiger charge is -2.00. The van der Waals surface area contributed by atoms with Crippen LogP contribution in [0.15, 0.2) is 61.7 Å². The topological polar surface area (TPSA) is 42.4 Å². The number of hydrogen-bond acceptors (Lipinski definition) is 3. The quantitative estimate of drug-likeness (QED) is 0.350. The molecule has 0 aromatic carbocycles. The van der Waals surface area contributed by atoms with E-state index in [4.69, 9.17) is 9.84 Å². The minimum Gasteiger partial charge on any atom is -0.496 e. The number of ether oxygens (including phenoxy) is 1. The molecule has 0 fully saturated rings. The molecule has 3 nitrogen and oxygen atoms in total. The van der Waals surface area contributed by atoms with E-state index in [0.717, 1.165) is 5.76 Å².